The van der Waals surface area contributed by atoms with Crippen LogP contribution in [0.1, 0.15) is 153 Å². The van der Waals surface area contributed by atoms with Crippen molar-refractivity contribution >= 4 is 0 Å². The zero-order chi connectivity index (χ0) is 26.2. The monoisotopic (exact) mass is 478 g/mol. The molecule has 0 radical (unpaired) electrons. The second-order valence-electron chi connectivity index (χ2n) is 12.2. The van der Waals surface area contributed by atoms with Crippen LogP contribution in [0.25, 0.3) is 0 Å². The van der Waals surface area contributed by atoms with Crippen molar-refractivity contribution in [1.29, 1.82) is 0 Å². The molecule has 1 N–H and O–H groups in total. The highest BCUT2D eigenvalue weighted by Gasteiger charge is 2.29. The van der Waals surface area contributed by atoms with Gasteiger partial charge >= 0.3 is 0 Å². The van der Waals surface area contributed by atoms with Gasteiger partial charge in [0.05, 0.1) is 0 Å². The van der Waals surface area contributed by atoms with Crippen molar-refractivity contribution in [3.63, 3.8) is 0 Å². The molecule has 35 heavy (non-hydrogen) atoms. The van der Waals surface area contributed by atoms with Crippen LogP contribution in [0.4, 0.5) is 0 Å². The quantitative estimate of drug-likeness (QED) is 0.268. The predicted octanol–water partition coefficient (Wildman–Crippen LogP) is 10.4. The number of unbranched alkanes of at least 4 members (excludes halogenated alkanes) is 4. The van der Waals surface area contributed by atoms with Gasteiger partial charge in [-0.15, -0.1) is 0 Å². The van der Waals surface area contributed by atoms with E-state index in [1.165, 1.54) is 60.8 Å². The molecular weight excluding hydrogens is 424 g/mol. The van der Waals surface area contributed by atoms with Gasteiger partial charge in [-0.3, -0.25) is 0 Å². The lowest BCUT2D eigenvalue weighted by Crippen LogP contribution is -2.21. The lowest BCUT2D eigenvalue weighted by atomic mass is 9.73. The smallest absolute Gasteiger partial charge is 0.123 e. The van der Waals surface area contributed by atoms with Crippen LogP contribution in [0.2, 0.25) is 0 Å². The van der Waals surface area contributed by atoms with E-state index >= 15 is 0 Å². The Morgan fingerprint density at radius 1 is 0.686 bits per heavy atom. The third-order valence-corrected chi connectivity index (χ3v) is 8.60. The summed E-state index contributed by atoms with van der Waals surface area (Å²) in [5.41, 5.74) is 7.83. The van der Waals surface area contributed by atoms with E-state index in [0.717, 1.165) is 36.8 Å². The maximum atomic E-state index is 11.6. The van der Waals surface area contributed by atoms with Crippen LogP contribution in [0.5, 0.6) is 5.75 Å². The maximum Gasteiger partial charge on any atom is 0.123 e. The van der Waals surface area contributed by atoms with Gasteiger partial charge in [-0.05, 0) is 71.6 Å². The third-order valence-electron chi connectivity index (χ3n) is 8.60. The lowest BCUT2D eigenvalue weighted by molar-refractivity contribution is 0.418. The van der Waals surface area contributed by atoms with Crippen molar-refractivity contribution in [2.24, 2.45) is 0 Å². The summed E-state index contributed by atoms with van der Waals surface area (Å²) >= 11 is 0. The van der Waals surface area contributed by atoms with Crippen LogP contribution in [-0.2, 0) is 23.7 Å². The van der Waals surface area contributed by atoms with Gasteiger partial charge in [0.25, 0.3) is 0 Å². The van der Waals surface area contributed by atoms with Crippen molar-refractivity contribution in [1.82, 2.24) is 0 Å². The Balaban J connectivity index is 2.62. The SMILES string of the molecule is CCCCCc1cc(CCCCC)cc(C(C)c2cc(C(C)(C)CC)cc(C(C)(C)CC)c2O)c1. The number of aryl methyl sites for hydroxylation is 2. The van der Waals surface area contributed by atoms with Gasteiger partial charge in [0.2, 0.25) is 0 Å². The zero-order valence-corrected chi connectivity index (χ0v) is 24.5. The summed E-state index contributed by atoms with van der Waals surface area (Å²) in [5.74, 6) is 0.661. The highest BCUT2D eigenvalue weighted by atomic mass is 16.3. The van der Waals surface area contributed by atoms with Crippen LogP contribution >= 0.6 is 0 Å². The largest absolute Gasteiger partial charge is 0.507 e. The van der Waals surface area contributed by atoms with E-state index in [0.29, 0.717) is 5.75 Å². The van der Waals surface area contributed by atoms with Crippen LogP contribution < -0.4 is 0 Å². The molecule has 1 unspecified atom stereocenters. The summed E-state index contributed by atoms with van der Waals surface area (Å²) < 4.78 is 0. The fourth-order valence-corrected chi connectivity index (χ4v) is 4.96. The minimum Gasteiger partial charge on any atom is -0.507 e. The van der Waals surface area contributed by atoms with Gasteiger partial charge in [0, 0.05) is 17.0 Å². The molecule has 0 amide bonds. The van der Waals surface area contributed by atoms with E-state index in [-0.39, 0.29) is 16.7 Å². The Bertz CT molecular complexity index is 906. The number of phenolic OH excluding ortho intramolecular Hbond substituents is 1. The van der Waals surface area contributed by atoms with Crippen molar-refractivity contribution in [3.8, 4) is 5.75 Å². The summed E-state index contributed by atoms with van der Waals surface area (Å²) in [7, 11) is 0. The van der Waals surface area contributed by atoms with E-state index in [1.807, 2.05) is 0 Å². The molecule has 0 aliphatic carbocycles. The standard InChI is InChI=1S/C34H54O/c1-10-14-16-18-26-20-27(19-17-15-11-2)22-28(21-26)25(5)30-23-29(33(6,7)12-3)24-31(32(30)35)34(8,9)13-4/h20-25,35H,10-19H2,1-9H3. The first-order valence-electron chi connectivity index (χ1n) is 14.5. The highest BCUT2D eigenvalue weighted by Crippen LogP contribution is 2.44. The summed E-state index contributed by atoms with van der Waals surface area (Å²) in [4.78, 5) is 0. The molecule has 0 aliphatic rings. The molecule has 2 aromatic rings. The third kappa shape index (κ3) is 7.61. The van der Waals surface area contributed by atoms with Gasteiger partial charge in [-0.25, -0.2) is 0 Å². The first kappa shape index (κ1) is 29.5. The molecule has 1 heteroatoms. The molecule has 2 rings (SSSR count). The van der Waals surface area contributed by atoms with E-state index < -0.39 is 0 Å². The number of phenols is 1. The molecule has 1 nitrogen and oxygen atoms in total. The van der Waals surface area contributed by atoms with Crippen molar-refractivity contribution in [3.05, 3.63) is 63.7 Å². The second kappa shape index (κ2) is 13.0. The molecule has 196 valence electrons. The predicted molar refractivity (Wildman–Crippen MR) is 155 cm³/mol. The Hall–Kier alpha value is -1.76. The van der Waals surface area contributed by atoms with Crippen molar-refractivity contribution in [2.45, 2.75) is 143 Å². The number of rotatable bonds is 14. The van der Waals surface area contributed by atoms with Gasteiger partial charge < -0.3 is 5.11 Å². The molecule has 0 spiro atoms. The molecule has 1 atom stereocenters. The summed E-state index contributed by atoms with van der Waals surface area (Å²) in [6.45, 7) is 20.5. The number of hydrogen-bond donors (Lipinski definition) is 1. The minimum absolute atomic E-state index is 0.0638. The molecular formula is C34H54O. The number of hydrogen-bond acceptors (Lipinski definition) is 1. The van der Waals surface area contributed by atoms with Crippen LogP contribution in [0.15, 0.2) is 30.3 Å². The summed E-state index contributed by atoms with van der Waals surface area (Å²) in [6.07, 6.45) is 12.0. The molecule has 0 aliphatic heterocycles. The van der Waals surface area contributed by atoms with E-state index in [2.05, 4.69) is 92.6 Å². The van der Waals surface area contributed by atoms with Crippen molar-refractivity contribution in [2.75, 3.05) is 0 Å². The Morgan fingerprint density at radius 3 is 1.66 bits per heavy atom. The highest BCUT2D eigenvalue weighted by molar-refractivity contribution is 5.53. The topological polar surface area (TPSA) is 20.2 Å². The Morgan fingerprint density at radius 2 is 1.20 bits per heavy atom. The summed E-state index contributed by atoms with van der Waals surface area (Å²) in [5, 5.41) is 11.6. The zero-order valence-electron chi connectivity index (χ0n) is 24.5. The Kier molecular flexibility index (Phi) is 10.9. The number of aromatic hydroxyl groups is 1. The van der Waals surface area contributed by atoms with E-state index in [1.54, 1.807) is 0 Å². The first-order chi connectivity index (χ1) is 16.5. The van der Waals surface area contributed by atoms with Gasteiger partial charge in [0.1, 0.15) is 5.75 Å². The van der Waals surface area contributed by atoms with Crippen molar-refractivity contribution < 1.29 is 5.11 Å². The fraction of sp³-hybridized carbons (Fsp3) is 0.647. The van der Waals surface area contributed by atoms with Gasteiger partial charge in [-0.1, -0.05) is 118 Å². The normalized spacial score (nSPS) is 13.3. The molecule has 0 bridgehead atoms. The summed E-state index contributed by atoms with van der Waals surface area (Å²) in [6, 6.07) is 11.9. The molecule has 0 saturated carbocycles. The molecule has 0 aromatic heterocycles. The van der Waals surface area contributed by atoms with E-state index in [4.69, 9.17) is 0 Å². The van der Waals surface area contributed by atoms with Crippen LogP contribution in [0.3, 0.4) is 0 Å². The lowest BCUT2D eigenvalue weighted by Gasteiger charge is -2.32. The molecule has 0 saturated heterocycles. The van der Waals surface area contributed by atoms with Crippen LogP contribution in [-0.4, -0.2) is 5.11 Å². The fourth-order valence-electron chi connectivity index (χ4n) is 4.96. The average Bonchev–Trinajstić information content (AvgIpc) is 2.83. The molecule has 0 fully saturated rings. The minimum atomic E-state index is -0.0638. The second-order valence-corrected chi connectivity index (χ2v) is 12.2. The van der Waals surface area contributed by atoms with Gasteiger partial charge in [-0.2, -0.15) is 0 Å². The maximum absolute atomic E-state index is 11.6. The molecule has 2 aromatic carbocycles. The number of benzene rings is 2. The van der Waals surface area contributed by atoms with E-state index in [9.17, 15) is 5.11 Å². The van der Waals surface area contributed by atoms with Crippen LogP contribution in [0, 0.1) is 0 Å². The van der Waals surface area contributed by atoms with Gasteiger partial charge in [0.15, 0.2) is 0 Å². The Labute approximate surface area is 217 Å². The first-order valence-corrected chi connectivity index (χ1v) is 14.5. The molecule has 0 heterocycles. The average molecular weight is 479 g/mol.